The minimum atomic E-state index is -0.806. The van der Waals surface area contributed by atoms with Crippen LogP contribution >= 0.6 is 23.9 Å². The molecule has 3 N–H and O–H groups in total. The number of hydrogen-bond donors (Lipinski definition) is 3. The lowest BCUT2D eigenvalue weighted by Crippen LogP contribution is -2.42. The van der Waals surface area contributed by atoms with Crippen LogP contribution in [-0.2, 0) is 0 Å². The van der Waals surface area contributed by atoms with E-state index in [4.69, 9.17) is 17.0 Å². The monoisotopic (exact) mass is 503 g/mol. The molecule has 1 atom stereocenters. The number of hydrogen-bond acceptors (Lipinski definition) is 7. The van der Waals surface area contributed by atoms with Gasteiger partial charge in [-0.3, -0.25) is 10.2 Å². The summed E-state index contributed by atoms with van der Waals surface area (Å²) in [5.74, 6) is -0.515. The average molecular weight is 504 g/mol. The Labute approximate surface area is 207 Å². The molecule has 180 valence electrons. The number of carbonyl (C=O) groups excluding carboxylic acids is 1. The number of halogens is 2. The second-order valence-corrected chi connectivity index (χ2v) is 8.68. The summed E-state index contributed by atoms with van der Waals surface area (Å²) in [7, 11) is 1.71. The van der Waals surface area contributed by atoms with Crippen LogP contribution in [-0.4, -0.2) is 38.6 Å². The minimum absolute atomic E-state index is 0.0615. The SMILES string of the molecule is CC.CNc1cc(Cl)ccc1C(=N)c1cnc2c(n1)c(C(=O)NC(C)C(C)(C)C#N)cn2SF. The molecule has 3 rings (SSSR count). The molecule has 0 aliphatic carbocycles. The average Bonchev–Trinajstić information content (AvgIpc) is 3.22. The number of benzene rings is 1. The highest BCUT2D eigenvalue weighted by Gasteiger charge is 2.29. The van der Waals surface area contributed by atoms with Gasteiger partial charge in [0, 0.05) is 35.6 Å². The predicted octanol–water partition coefficient (Wildman–Crippen LogP) is 5.62. The zero-order valence-electron chi connectivity index (χ0n) is 19.8. The summed E-state index contributed by atoms with van der Waals surface area (Å²) in [5.41, 5.74) is 1.03. The van der Waals surface area contributed by atoms with E-state index >= 15 is 0 Å². The molecule has 3 aromatic rings. The van der Waals surface area contributed by atoms with E-state index in [2.05, 4.69) is 26.7 Å². The Morgan fingerprint density at radius 3 is 2.62 bits per heavy atom. The van der Waals surface area contributed by atoms with E-state index in [0.717, 1.165) is 3.97 Å². The van der Waals surface area contributed by atoms with Gasteiger partial charge in [-0.25, -0.2) is 13.9 Å². The summed E-state index contributed by atoms with van der Waals surface area (Å²) in [6.45, 7) is 9.14. The van der Waals surface area contributed by atoms with E-state index in [0.29, 0.717) is 16.3 Å². The van der Waals surface area contributed by atoms with Crippen molar-refractivity contribution in [2.75, 3.05) is 12.4 Å². The molecular formula is C23H27ClFN7OS. The van der Waals surface area contributed by atoms with E-state index in [1.807, 2.05) is 13.8 Å². The lowest BCUT2D eigenvalue weighted by Gasteiger charge is -2.25. The molecule has 0 spiro atoms. The summed E-state index contributed by atoms with van der Waals surface area (Å²) in [5, 5.41) is 24.2. The van der Waals surface area contributed by atoms with Crippen molar-refractivity contribution in [2.24, 2.45) is 5.41 Å². The van der Waals surface area contributed by atoms with Gasteiger partial charge >= 0.3 is 0 Å². The van der Waals surface area contributed by atoms with Gasteiger partial charge < -0.3 is 10.6 Å². The molecule has 0 aliphatic rings. The van der Waals surface area contributed by atoms with Gasteiger partial charge in [-0.1, -0.05) is 25.4 Å². The van der Waals surface area contributed by atoms with Crippen molar-refractivity contribution >= 4 is 52.4 Å². The number of nitrogens with one attached hydrogen (secondary N) is 3. The molecule has 0 bridgehead atoms. The van der Waals surface area contributed by atoms with Crippen LogP contribution in [0.1, 0.15) is 56.2 Å². The molecular weight excluding hydrogens is 477 g/mol. The van der Waals surface area contributed by atoms with Gasteiger partial charge in [0.1, 0.15) is 11.2 Å². The van der Waals surface area contributed by atoms with E-state index in [1.54, 1.807) is 46.0 Å². The third-order valence-corrected chi connectivity index (χ3v) is 5.94. The molecule has 1 unspecified atom stereocenters. The molecule has 34 heavy (non-hydrogen) atoms. The highest BCUT2D eigenvalue weighted by molar-refractivity contribution is 7.92. The van der Waals surface area contributed by atoms with Crippen molar-refractivity contribution in [1.82, 2.24) is 19.3 Å². The number of fused-ring (bicyclic) bond motifs is 1. The van der Waals surface area contributed by atoms with Crippen molar-refractivity contribution in [3.63, 3.8) is 0 Å². The van der Waals surface area contributed by atoms with E-state index in [9.17, 15) is 13.9 Å². The van der Waals surface area contributed by atoms with Crippen LogP contribution in [0.5, 0.6) is 0 Å². The molecule has 0 saturated heterocycles. The van der Waals surface area contributed by atoms with Crippen LogP contribution in [0.15, 0.2) is 30.6 Å². The Hall–Kier alpha value is -3.16. The summed E-state index contributed by atoms with van der Waals surface area (Å²) in [6, 6.07) is 6.71. The molecule has 0 aliphatic heterocycles. The molecule has 11 heteroatoms. The number of nitriles is 1. The first-order valence-electron chi connectivity index (χ1n) is 10.6. The second-order valence-electron chi connectivity index (χ2n) is 7.71. The number of anilines is 1. The van der Waals surface area contributed by atoms with Crippen molar-refractivity contribution in [2.45, 2.75) is 40.7 Å². The lowest BCUT2D eigenvalue weighted by atomic mass is 9.87. The van der Waals surface area contributed by atoms with E-state index < -0.39 is 17.4 Å². The van der Waals surface area contributed by atoms with Crippen molar-refractivity contribution < 1.29 is 8.68 Å². The van der Waals surface area contributed by atoms with Crippen LogP contribution in [0.3, 0.4) is 0 Å². The number of nitrogens with zero attached hydrogens (tertiary/aromatic N) is 4. The number of carbonyl (C=O) groups is 1. The Kier molecular flexibility index (Phi) is 9.01. The van der Waals surface area contributed by atoms with Crippen molar-refractivity contribution in [1.29, 1.82) is 10.7 Å². The Bertz CT molecular complexity index is 1250. The molecule has 1 amide bonds. The lowest BCUT2D eigenvalue weighted by molar-refractivity contribution is 0.0921. The molecule has 8 nitrogen and oxygen atoms in total. The molecule has 0 radical (unpaired) electrons. The maximum atomic E-state index is 13.5. The van der Waals surface area contributed by atoms with Gasteiger partial charge in [0.05, 0.1) is 29.0 Å². The minimum Gasteiger partial charge on any atom is -0.388 e. The Morgan fingerprint density at radius 1 is 1.35 bits per heavy atom. The molecule has 1 aromatic carbocycles. The smallest absolute Gasteiger partial charge is 0.255 e. The largest absolute Gasteiger partial charge is 0.388 e. The normalized spacial score (nSPS) is 11.7. The van der Waals surface area contributed by atoms with Gasteiger partial charge in [0.2, 0.25) is 0 Å². The van der Waals surface area contributed by atoms with Crippen molar-refractivity contribution in [3.05, 3.63) is 52.4 Å². The van der Waals surface area contributed by atoms with Crippen LogP contribution < -0.4 is 10.6 Å². The Balaban J connectivity index is 0.00000199. The van der Waals surface area contributed by atoms with Crippen molar-refractivity contribution in [3.8, 4) is 6.07 Å². The predicted molar refractivity (Wildman–Crippen MR) is 136 cm³/mol. The summed E-state index contributed by atoms with van der Waals surface area (Å²) >= 11 is 5.93. The maximum Gasteiger partial charge on any atom is 0.255 e. The van der Waals surface area contributed by atoms with Crippen LogP contribution in [0.4, 0.5) is 9.57 Å². The zero-order valence-corrected chi connectivity index (χ0v) is 21.4. The molecule has 2 heterocycles. The summed E-state index contributed by atoms with van der Waals surface area (Å²) < 4.78 is 14.6. The summed E-state index contributed by atoms with van der Waals surface area (Å²) in [4.78, 5) is 21.6. The third kappa shape index (κ3) is 5.48. The standard InChI is InChI=1S/C21H21ClFN7OS.C2H6/c1-11(21(2,3)10-24)28-20(31)14-9-30(32-23)19-18(14)29-16(8-27-19)17(25)13-6-5-12(22)7-15(13)26-4;1-2/h5-9,11,25-26H,1-4H3,(H,28,31);1-2H3. The molecule has 0 saturated carbocycles. The maximum absolute atomic E-state index is 13.5. The highest BCUT2D eigenvalue weighted by atomic mass is 35.5. The topological polar surface area (TPSA) is 119 Å². The van der Waals surface area contributed by atoms with Gasteiger partial charge in [-0.05, 0) is 39.0 Å². The third-order valence-electron chi connectivity index (χ3n) is 5.28. The van der Waals surface area contributed by atoms with Crippen LogP contribution in [0.2, 0.25) is 5.02 Å². The van der Waals surface area contributed by atoms with E-state index in [1.165, 1.54) is 12.4 Å². The Morgan fingerprint density at radius 2 is 2.03 bits per heavy atom. The first kappa shape index (κ1) is 27.1. The highest BCUT2D eigenvalue weighted by Crippen LogP contribution is 2.27. The number of aromatic nitrogens is 3. The fourth-order valence-corrected chi connectivity index (χ4v) is 3.45. The molecule has 2 aromatic heterocycles. The van der Waals surface area contributed by atoms with Gasteiger partial charge in [-0.15, -0.1) is 3.89 Å². The fraction of sp³-hybridized carbons (Fsp3) is 0.348. The second kappa shape index (κ2) is 11.3. The fourth-order valence-electron chi connectivity index (χ4n) is 2.93. The van der Waals surface area contributed by atoms with Crippen LogP contribution in [0, 0.1) is 22.2 Å². The number of amides is 1. The van der Waals surface area contributed by atoms with Crippen LogP contribution in [0.25, 0.3) is 11.2 Å². The van der Waals surface area contributed by atoms with Gasteiger partial charge in [0.25, 0.3) is 5.91 Å². The number of rotatable bonds is 7. The molecule has 0 fully saturated rings. The first-order chi connectivity index (χ1) is 16.1. The van der Waals surface area contributed by atoms with E-state index in [-0.39, 0.29) is 40.5 Å². The zero-order chi connectivity index (χ0) is 25.6. The first-order valence-corrected chi connectivity index (χ1v) is 11.6. The quantitative estimate of drug-likeness (QED) is 0.360. The van der Waals surface area contributed by atoms with Gasteiger partial charge in [-0.2, -0.15) is 5.26 Å². The summed E-state index contributed by atoms with van der Waals surface area (Å²) in [6.07, 6.45) is 2.65. The van der Waals surface area contributed by atoms with Gasteiger partial charge in [0.15, 0.2) is 18.0 Å².